The third-order valence-electron chi connectivity index (χ3n) is 5.11. The largest absolute Gasteiger partial charge is 0.325 e. The van der Waals surface area contributed by atoms with Crippen LogP contribution in [0.4, 0.5) is 8.78 Å². The first-order valence-electron chi connectivity index (χ1n) is 9.60. The van der Waals surface area contributed by atoms with Crippen molar-refractivity contribution in [3.63, 3.8) is 0 Å². The zero-order valence-electron chi connectivity index (χ0n) is 16.8. The van der Waals surface area contributed by atoms with Gasteiger partial charge in [0.05, 0.1) is 12.9 Å². The molecule has 0 aliphatic carbocycles. The number of benzene rings is 2. The van der Waals surface area contributed by atoms with Gasteiger partial charge in [-0.2, -0.15) is 8.42 Å². The molecular weight excluding hydrogens is 442 g/mol. The predicted octanol–water partition coefficient (Wildman–Crippen LogP) is 3.15. The second-order valence-corrected chi connectivity index (χ2v) is 9.08. The fourth-order valence-corrected chi connectivity index (χ4v) is 4.08. The third kappa shape index (κ3) is 4.61. The molecule has 32 heavy (non-hydrogen) atoms. The topological polar surface area (TPSA) is 109 Å². The van der Waals surface area contributed by atoms with E-state index in [4.69, 9.17) is 4.18 Å². The molecule has 2 aromatic carbocycles. The maximum absolute atomic E-state index is 13.5. The first-order valence-corrected chi connectivity index (χ1v) is 11.4. The van der Waals surface area contributed by atoms with Crippen molar-refractivity contribution >= 4 is 31.7 Å². The van der Waals surface area contributed by atoms with E-state index in [1.54, 1.807) is 12.1 Å². The lowest BCUT2D eigenvalue weighted by Gasteiger charge is -2.18. The minimum Gasteiger partial charge on any atom is -0.325 e. The average molecular weight is 460 g/mol. The van der Waals surface area contributed by atoms with Crippen LogP contribution in [0.1, 0.15) is 23.7 Å². The van der Waals surface area contributed by atoms with Crippen molar-refractivity contribution in [2.24, 2.45) is 0 Å². The van der Waals surface area contributed by atoms with Crippen molar-refractivity contribution in [1.29, 1.82) is 0 Å². The fourth-order valence-electron chi connectivity index (χ4n) is 3.68. The summed E-state index contributed by atoms with van der Waals surface area (Å²) in [6, 6.07) is 10.9. The lowest BCUT2D eigenvalue weighted by Crippen LogP contribution is -2.19. The van der Waals surface area contributed by atoms with Crippen LogP contribution in [0.2, 0.25) is 0 Å². The number of rotatable bonds is 6. The van der Waals surface area contributed by atoms with Gasteiger partial charge in [-0.15, -0.1) is 0 Å². The molecule has 0 unspecified atom stereocenters. The van der Waals surface area contributed by atoms with E-state index in [1.165, 1.54) is 24.3 Å². The minimum atomic E-state index is -3.71. The van der Waals surface area contributed by atoms with Crippen LogP contribution < -0.4 is 11.1 Å². The van der Waals surface area contributed by atoms with Crippen LogP contribution in [-0.2, 0) is 14.3 Å². The number of aromatic nitrogens is 2. The van der Waals surface area contributed by atoms with Crippen molar-refractivity contribution in [3.05, 3.63) is 92.3 Å². The van der Waals surface area contributed by atoms with E-state index in [0.717, 1.165) is 18.4 Å². The lowest BCUT2D eigenvalue weighted by atomic mass is 9.94. The van der Waals surface area contributed by atoms with Gasteiger partial charge in [-0.05, 0) is 53.6 Å². The van der Waals surface area contributed by atoms with E-state index in [1.807, 2.05) is 0 Å². The smallest absolute Gasteiger partial charge is 0.264 e. The number of H-pyrrole nitrogens is 2. The van der Waals surface area contributed by atoms with Gasteiger partial charge >= 0.3 is 0 Å². The van der Waals surface area contributed by atoms with Gasteiger partial charge in [0.15, 0.2) is 0 Å². The second-order valence-electron chi connectivity index (χ2n) is 7.44. The third-order valence-corrected chi connectivity index (χ3v) is 5.71. The summed E-state index contributed by atoms with van der Waals surface area (Å²) in [6.45, 7) is -0.212. The Morgan fingerprint density at radius 2 is 1.31 bits per heavy atom. The highest BCUT2D eigenvalue weighted by molar-refractivity contribution is 7.85. The summed E-state index contributed by atoms with van der Waals surface area (Å²) in [4.78, 5) is 30.5. The highest BCUT2D eigenvalue weighted by Crippen LogP contribution is 2.28. The number of pyridine rings is 2. The molecule has 2 N–H and O–H groups in total. The quantitative estimate of drug-likeness (QED) is 0.430. The molecule has 0 amide bonds. The maximum Gasteiger partial charge on any atom is 0.264 e. The van der Waals surface area contributed by atoms with Gasteiger partial charge in [0, 0.05) is 28.1 Å². The van der Waals surface area contributed by atoms with Crippen LogP contribution in [0, 0.1) is 11.6 Å². The highest BCUT2D eigenvalue weighted by atomic mass is 32.2. The Labute approximate surface area is 180 Å². The van der Waals surface area contributed by atoms with Crippen LogP contribution in [-0.4, -0.2) is 31.2 Å². The SMILES string of the molecule is CS(=O)(=O)OCCC(c1cc2ccc(F)cc2c(=O)[nH]1)c1cc2ccc(F)cc2c(=O)[nH]1. The first-order chi connectivity index (χ1) is 15.1. The van der Waals surface area contributed by atoms with Gasteiger partial charge in [0.1, 0.15) is 11.6 Å². The van der Waals surface area contributed by atoms with Gasteiger partial charge in [-0.25, -0.2) is 8.78 Å². The molecule has 2 aromatic heterocycles. The molecule has 0 aliphatic heterocycles. The molecule has 0 saturated heterocycles. The number of nitrogens with one attached hydrogen (secondary N) is 2. The van der Waals surface area contributed by atoms with Crippen molar-refractivity contribution < 1.29 is 21.4 Å². The summed E-state index contributed by atoms with van der Waals surface area (Å²) in [7, 11) is -3.71. The molecular formula is C22H18F2N2O5S. The number of aromatic amines is 2. The van der Waals surface area contributed by atoms with E-state index in [-0.39, 0.29) is 23.8 Å². The summed E-state index contributed by atoms with van der Waals surface area (Å²) in [5.74, 6) is -1.78. The zero-order chi connectivity index (χ0) is 23.0. The first kappa shape index (κ1) is 21.8. The zero-order valence-corrected chi connectivity index (χ0v) is 17.6. The van der Waals surface area contributed by atoms with Gasteiger partial charge in [0.25, 0.3) is 21.2 Å². The molecule has 4 aromatic rings. The Balaban J connectivity index is 1.86. The van der Waals surface area contributed by atoms with Crippen molar-refractivity contribution in [2.75, 3.05) is 12.9 Å². The predicted molar refractivity (Wildman–Crippen MR) is 116 cm³/mol. The molecule has 0 aliphatic rings. The molecule has 0 bridgehead atoms. The Morgan fingerprint density at radius 1 is 0.844 bits per heavy atom. The molecule has 2 heterocycles. The van der Waals surface area contributed by atoms with Gasteiger partial charge in [-0.1, -0.05) is 12.1 Å². The van der Waals surface area contributed by atoms with Crippen molar-refractivity contribution in [3.8, 4) is 0 Å². The molecule has 0 radical (unpaired) electrons. The molecule has 0 spiro atoms. The van der Waals surface area contributed by atoms with Crippen LogP contribution in [0.25, 0.3) is 21.5 Å². The van der Waals surface area contributed by atoms with E-state index in [2.05, 4.69) is 9.97 Å². The van der Waals surface area contributed by atoms with Gasteiger partial charge < -0.3 is 9.97 Å². The lowest BCUT2D eigenvalue weighted by molar-refractivity contribution is 0.307. The Hall–Kier alpha value is -3.37. The number of hydrogen-bond donors (Lipinski definition) is 2. The Bertz CT molecular complexity index is 1460. The Morgan fingerprint density at radius 3 is 1.75 bits per heavy atom. The maximum atomic E-state index is 13.5. The molecule has 166 valence electrons. The van der Waals surface area contributed by atoms with E-state index < -0.39 is 38.8 Å². The van der Waals surface area contributed by atoms with Crippen LogP contribution in [0.5, 0.6) is 0 Å². The van der Waals surface area contributed by atoms with Crippen LogP contribution in [0.3, 0.4) is 0 Å². The van der Waals surface area contributed by atoms with E-state index >= 15 is 0 Å². The van der Waals surface area contributed by atoms with Gasteiger partial charge in [0.2, 0.25) is 0 Å². The van der Waals surface area contributed by atoms with Crippen molar-refractivity contribution in [1.82, 2.24) is 9.97 Å². The fraction of sp³-hybridized carbons (Fsp3) is 0.182. The standard InChI is InChI=1S/C22H18F2N2O5S/c1-32(29,30)31-7-6-16(19-8-12-2-4-14(23)10-17(12)21(27)25-19)20-9-13-3-5-15(24)11-18(13)22(28)26-20/h2-5,8-11,16H,6-7H2,1H3,(H,25,27)(H,26,28). The van der Waals surface area contributed by atoms with Crippen molar-refractivity contribution in [2.45, 2.75) is 12.3 Å². The minimum absolute atomic E-state index is 0.0956. The summed E-state index contributed by atoms with van der Waals surface area (Å²) < 4.78 is 54.8. The van der Waals surface area contributed by atoms with Crippen LogP contribution >= 0.6 is 0 Å². The molecule has 0 atom stereocenters. The van der Waals surface area contributed by atoms with Gasteiger partial charge in [-0.3, -0.25) is 13.8 Å². The molecule has 0 fully saturated rings. The molecule has 7 nitrogen and oxygen atoms in total. The van der Waals surface area contributed by atoms with Crippen LogP contribution in [0.15, 0.2) is 58.1 Å². The molecule has 0 saturated carbocycles. The van der Waals surface area contributed by atoms with E-state index in [0.29, 0.717) is 22.2 Å². The summed E-state index contributed by atoms with van der Waals surface area (Å²) in [5.41, 5.74) is -0.306. The average Bonchev–Trinajstić information content (AvgIpc) is 2.71. The second kappa shape index (κ2) is 8.29. The number of hydrogen-bond acceptors (Lipinski definition) is 5. The normalized spacial score (nSPS) is 12.1. The monoisotopic (exact) mass is 460 g/mol. The molecule has 10 heteroatoms. The molecule has 4 rings (SSSR count). The highest BCUT2D eigenvalue weighted by Gasteiger charge is 2.20. The summed E-state index contributed by atoms with van der Waals surface area (Å²) in [6.07, 6.45) is 1.01. The summed E-state index contributed by atoms with van der Waals surface area (Å²) in [5, 5.41) is 1.26. The Kier molecular flexibility index (Phi) is 5.66. The summed E-state index contributed by atoms with van der Waals surface area (Å²) >= 11 is 0. The van der Waals surface area contributed by atoms with E-state index in [9.17, 15) is 26.8 Å². The number of fused-ring (bicyclic) bond motifs is 2. The number of halogens is 2.